The van der Waals surface area contributed by atoms with Crippen molar-refractivity contribution in [1.29, 1.82) is 0 Å². The minimum absolute atomic E-state index is 0.180. The second-order valence-corrected chi connectivity index (χ2v) is 5.35. The molecule has 3 nitrogen and oxygen atoms in total. The Morgan fingerprint density at radius 2 is 2.53 bits per heavy atom. The lowest BCUT2D eigenvalue weighted by Crippen LogP contribution is -2.40. The average molecular weight is 252 g/mol. The molecule has 0 spiro atoms. The Morgan fingerprint density at radius 1 is 1.65 bits per heavy atom. The summed E-state index contributed by atoms with van der Waals surface area (Å²) in [4.78, 5) is 14.2. The van der Waals surface area contributed by atoms with Gasteiger partial charge in [0.1, 0.15) is 0 Å². The number of thiophene rings is 1. The van der Waals surface area contributed by atoms with E-state index in [1.165, 1.54) is 12.8 Å². The van der Waals surface area contributed by atoms with E-state index in [1.807, 2.05) is 21.7 Å². The Bertz CT molecular complexity index is 344. The molecule has 0 aliphatic carbocycles. The highest BCUT2D eigenvalue weighted by molar-refractivity contribution is 7.08. The number of hydrogen-bond donors (Lipinski definition) is 1. The molecule has 1 amide bonds. The second-order valence-electron chi connectivity index (χ2n) is 4.57. The van der Waals surface area contributed by atoms with Crippen molar-refractivity contribution in [3.8, 4) is 0 Å². The molecule has 1 fully saturated rings. The van der Waals surface area contributed by atoms with Gasteiger partial charge in [-0.05, 0) is 50.2 Å². The van der Waals surface area contributed by atoms with E-state index < -0.39 is 0 Å². The predicted octanol–water partition coefficient (Wildman–Crippen LogP) is 2.21. The summed E-state index contributed by atoms with van der Waals surface area (Å²) in [6, 6.07) is 1.91. The lowest BCUT2D eigenvalue weighted by Gasteiger charge is -2.29. The van der Waals surface area contributed by atoms with Crippen molar-refractivity contribution in [3.63, 3.8) is 0 Å². The summed E-state index contributed by atoms with van der Waals surface area (Å²) < 4.78 is 0. The van der Waals surface area contributed by atoms with Gasteiger partial charge in [-0.15, -0.1) is 0 Å². The molecule has 1 unspecified atom stereocenters. The number of nitrogens with zero attached hydrogens (tertiary/aromatic N) is 1. The zero-order valence-electron chi connectivity index (χ0n) is 10.3. The highest BCUT2D eigenvalue weighted by atomic mass is 32.1. The fourth-order valence-electron chi connectivity index (χ4n) is 2.32. The van der Waals surface area contributed by atoms with E-state index in [4.69, 9.17) is 0 Å². The molecule has 1 atom stereocenters. The van der Waals surface area contributed by atoms with E-state index >= 15 is 0 Å². The van der Waals surface area contributed by atoms with Crippen LogP contribution >= 0.6 is 11.3 Å². The zero-order valence-corrected chi connectivity index (χ0v) is 11.1. The number of nitrogens with one attached hydrogen (secondary N) is 1. The van der Waals surface area contributed by atoms with Crippen molar-refractivity contribution in [2.45, 2.75) is 19.8 Å². The molecule has 0 bridgehead atoms. The molecule has 1 aromatic rings. The molecule has 1 aliphatic heterocycles. The largest absolute Gasteiger partial charge is 0.339 e. The molecule has 94 valence electrons. The maximum Gasteiger partial charge on any atom is 0.254 e. The van der Waals surface area contributed by atoms with Gasteiger partial charge in [0.25, 0.3) is 5.91 Å². The maximum absolute atomic E-state index is 12.2. The molecule has 17 heavy (non-hydrogen) atoms. The summed E-state index contributed by atoms with van der Waals surface area (Å²) in [6.45, 7) is 5.92. The van der Waals surface area contributed by atoms with Crippen LogP contribution in [0.2, 0.25) is 0 Å². The zero-order chi connectivity index (χ0) is 12.1. The lowest BCUT2D eigenvalue weighted by molar-refractivity contribution is 0.0729. The topological polar surface area (TPSA) is 32.3 Å². The molecule has 1 aromatic heterocycles. The predicted molar refractivity (Wildman–Crippen MR) is 71.5 cm³/mol. The van der Waals surface area contributed by atoms with Gasteiger partial charge in [0.2, 0.25) is 0 Å². The van der Waals surface area contributed by atoms with Gasteiger partial charge in [0.05, 0.1) is 5.56 Å². The normalized spacial score (nSPS) is 20.2. The third kappa shape index (κ3) is 3.30. The Balaban J connectivity index is 1.93. The summed E-state index contributed by atoms with van der Waals surface area (Å²) in [5.41, 5.74) is 0.834. The Morgan fingerprint density at radius 3 is 3.12 bits per heavy atom. The van der Waals surface area contributed by atoms with Crippen molar-refractivity contribution < 1.29 is 4.79 Å². The first-order valence-corrected chi connectivity index (χ1v) is 7.27. The van der Waals surface area contributed by atoms with Crippen LogP contribution in [-0.2, 0) is 0 Å². The molecular weight excluding hydrogens is 232 g/mol. The van der Waals surface area contributed by atoms with E-state index in [2.05, 4.69) is 12.2 Å². The second kappa shape index (κ2) is 6.17. The van der Waals surface area contributed by atoms with Gasteiger partial charge in [-0.3, -0.25) is 4.79 Å². The maximum atomic E-state index is 12.2. The number of hydrogen-bond acceptors (Lipinski definition) is 3. The van der Waals surface area contributed by atoms with Crippen LogP contribution in [0.5, 0.6) is 0 Å². The van der Waals surface area contributed by atoms with Crippen LogP contribution in [0.3, 0.4) is 0 Å². The van der Waals surface area contributed by atoms with Crippen molar-refractivity contribution in [1.82, 2.24) is 10.2 Å². The van der Waals surface area contributed by atoms with Crippen LogP contribution in [0.4, 0.5) is 0 Å². The highest BCUT2D eigenvalue weighted by Gasteiger charge is 2.20. The first-order chi connectivity index (χ1) is 8.31. The van der Waals surface area contributed by atoms with Crippen LogP contribution in [0.15, 0.2) is 16.8 Å². The van der Waals surface area contributed by atoms with Gasteiger partial charge < -0.3 is 10.2 Å². The molecule has 1 aliphatic rings. The molecular formula is C13H20N2OS. The van der Waals surface area contributed by atoms with Gasteiger partial charge in [-0.1, -0.05) is 0 Å². The van der Waals surface area contributed by atoms with Crippen molar-refractivity contribution in [2.75, 3.05) is 26.2 Å². The molecule has 1 N–H and O–H groups in total. The van der Waals surface area contributed by atoms with Crippen molar-refractivity contribution in [3.05, 3.63) is 22.4 Å². The number of amides is 1. The van der Waals surface area contributed by atoms with E-state index in [9.17, 15) is 4.79 Å². The molecule has 1 saturated heterocycles. The Hall–Kier alpha value is -0.870. The van der Waals surface area contributed by atoms with Gasteiger partial charge in [0, 0.05) is 18.5 Å². The fraction of sp³-hybridized carbons (Fsp3) is 0.615. The highest BCUT2D eigenvalue weighted by Crippen LogP contribution is 2.15. The van der Waals surface area contributed by atoms with Gasteiger partial charge >= 0.3 is 0 Å². The van der Waals surface area contributed by atoms with Crippen LogP contribution in [-0.4, -0.2) is 37.0 Å². The van der Waals surface area contributed by atoms with Crippen LogP contribution in [0.25, 0.3) is 0 Å². The molecule has 4 heteroatoms. The first-order valence-electron chi connectivity index (χ1n) is 6.33. The number of rotatable bonds is 4. The average Bonchev–Trinajstić information content (AvgIpc) is 2.90. The third-order valence-electron chi connectivity index (χ3n) is 3.31. The van der Waals surface area contributed by atoms with Gasteiger partial charge in [-0.2, -0.15) is 11.3 Å². The monoisotopic (exact) mass is 252 g/mol. The van der Waals surface area contributed by atoms with Crippen LogP contribution in [0, 0.1) is 5.92 Å². The van der Waals surface area contributed by atoms with Crippen molar-refractivity contribution >= 4 is 17.2 Å². The summed E-state index contributed by atoms with van der Waals surface area (Å²) in [5, 5.41) is 7.30. The summed E-state index contributed by atoms with van der Waals surface area (Å²) in [7, 11) is 0. The van der Waals surface area contributed by atoms with E-state index in [0.29, 0.717) is 5.92 Å². The van der Waals surface area contributed by atoms with E-state index in [0.717, 1.165) is 31.7 Å². The standard InChI is InChI=1S/C13H20N2OS/c1-2-15(9-11-4-3-6-14-8-11)13(16)12-5-7-17-10-12/h5,7,10-11,14H,2-4,6,8-9H2,1H3. The molecule has 2 rings (SSSR count). The first kappa shape index (κ1) is 12.6. The molecule has 0 saturated carbocycles. The quantitative estimate of drug-likeness (QED) is 0.891. The minimum Gasteiger partial charge on any atom is -0.339 e. The smallest absolute Gasteiger partial charge is 0.254 e. The van der Waals surface area contributed by atoms with Gasteiger partial charge in [0.15, 0.2) is 0 Å². The fourth-order valence-corrected chi connectivity index (χ4v) is 2.95. The SMILES string of the molecule is CCN(CC1CCCNC1)C(=O)c1ccsc1. The molecule has 2 heterocycles. The lowest BCUT2D eigenvalue weighted by atomic mass is 9.99. The van der Waals surface area contributed by atoms with E-state index in [-0.39, 0.29) is 5.91 Å². The van der Waals surface area contributed by atoms with Crippen LogP contribution in [0.1, 0.15) is 30.1 Å². The Labute approximate surface area is 107 Å². The van der Waals surface area contributed by atoms with E-state index in [1.54, 1.807) is 11.3 Å². The summed E-state index contributed by atoms with van der Waals surface area (Å²) >= 11 is 1.58. The summed E-state index contributed by atoms with van der Waals surface area (Å²) in [5.74, 6) is 0.797. The molecule has 0 aromatic carbocycles. The number of carbonyl (C=O) groups excluding carboxylic acids is 1. The number of carbonyl (C=O) groups is 1. The Kier molecular flexibility index (Phi) is 4.57. The molecule has 0 radical (unpaired) electrons. The number of piperidine rings is 1. The van der Waals surface area contributed by atoms with Crippen molar-refractivity contribution in [2.24, 2.45) is 5.92 Å². The minimum atomic E-state index is 0.180. The third-order valence-corrected chi connectivity index (χ3v) is 4.00. The van der Waals surface area contributed by atoms with Gasteiger partial charge in [-0.25, -0.2) is 0 Å². The summed E-state index contributed by atoms with van der Waals surface area (Å²) in [6.07, 6.45) is 2.47. The van der Waals surface area contributed by atoms with Crippen LogP contribution < -0.4 is 5.32 Å².